The van der Waals surface area contributed by atoms with Crippen LogP contribution in [0.4, 0.5) is 0 Å². The van der Waals surface area contributed by atoms with E-state index in [1.54, 1.807) is 32.4 Å². The molecule has 1 aliphatic rings. The Kier molecular flexibility index (Phi) is 7.76. The van der Waals surface area contributed by atoms with Gasteiger partial charge in [-0.2, -0.15) is 0 Å². The van der Waals surface area contributed by atoms with Crippen molar-refractivity contribution in [1.29, 1.82) is 0 Å². The summed E-state index contributed by atoms with van der Waals surface area (Å²) in [6.45, 7) is 7.60. The lowest BCUT2D eigenvalue weighted by atomic mass is 10.0. The molecule has 2 unspecified atom stereocenters. The molecule has 1 fully saturated rings. The van der Waals surface area contributed by atoms with Crippen molar-refractivity contribution in [2.24, 2.45) is 4.99 Å². The molecular formula is C23H34N4O3. The molecule has 2 heterocycles. The molecule has 0 aliphatic carbocycles. The lowest BCUT2D eigenvalue weighted by Crippen LogP contribution is -2.43. The minimum absolute atomic E-state index is 0.201. The minimum Gasteiger partial charge on any atom is -0.497 e. The first kappa shape index (κ1) is 22.2. The fourth-order valence-corrected chi connectivity index (χ4v) is 3.77. The summed E-state index contributed by atoms with van der Waals surface area (Å²) >= 11 is 0. The van der Waals surface area contributed by atoms with E-state index in [2.05, 4.69) is 32.7 Å². The van der Waals surface area contributed by atoms with Crippen LogP contribution in [-0.2, 0) is 5.60 Å². The van der Waals surface area contributed by atoms with Crippen LogP contribution in [0.25, 0.3) is 0 Å². The second-order valence-corrected chi connectivity index (χ2v) is 7.86. The molecular weight excluding hydrogens is 380 g/mol. The van der Waals surface area contributed by atoms with E-state index in [1.807, 2.05) is 19.1 Å². The van der Waals surface area contributed by atoms with Crippen LogP contribution in [0, 0.1) is 0 Å². The number of likely N-dealkylation sites (tertiary alicyclic amines) is 1. The molecule has 2 atom stereocenters. The van der Waals surface area contributed by atoms with Gasteiger partial charge in [0.1, 0.15) is 17.1 Å². The monoisotopic (exact) mass is 414 g/mol. The summed E-state index contributed by atoms with van der Waals surface area (Å²) < 4.78 is 10.7. The van der Waals surface area contributed by atoms with Crippen molar-refractivity contribution in [3.05, 3.63) is 54.0 Å². The second kappa shape index (κ2) is 10.5. The Morgan fingerprint density at radius 3 is 2.57 bits per heavy atom. The maximum absolute atomic E-state index is 10.7. The first-order valence-corrected chi connectivity index (χ1v) is 10.7. The Bertz CT molecular complexity index is 781. The highest BCUT2D eigenvalue weighted by atomic mass is 16.5. The van der Waals surface area contributed by atoms with Gasteiger partial charge in [0, 0.05) is 13.1 Å². The summed E-state index contributed by atoms with van der Waals surface area (Å²) in [6.07, 6.45) is 4.02. The molecule has 1 aromatic heterocycles. The van der Waals surface area contributed by atoms with E-state index in [4.69, 9.17) is 9.15 Å². The van der Waals surface area contributed by atoms with Gasteiger partial charge in [-0.15, -0.1) is 0 Å². The zero-order valence-corrected chi connectivity index (χ0v) is 18.2. The van der Waals surface area contributed by atoms with E-state index in [1.165, 1.54) is 18.4 Å². The maximum atomic E-state index is 10.7. The molecule has 1 aromatic carbocycles. The Morgan fingerprint density at radius 2 is 1.97 bits per heavy atom. The van der Waals surface area contributed by atoms with E-state index in [0.717, 1.165) is 31.9 Å². The number of aliphatic hydroxyl groups is 1. The van der Waals surface area contributed by atoms with Crippen LogP contribution in [0.1, 0.15) is 44.1 Å². The number of furan rings is 1. The van der Waals surface area contributed by atoms with E-state index in [-0.39, 0.29) is 12.6 Å². The number of hydrogen-bond acceptors (Lipinski definition) is 5. The summed E-state index contributed by atoms with van der Waals surface area (Å²) in [5.41, 5.74) is 0.0968. The minimum atomic E-state index is -1.16. The van der Waals surface area contributed by atoms with Crippen molar-refractivity contribution < 1.29 is 14.3 Å². The predicted octanol–water partition coefficient (Wildman–Crippen LogP) is 2.89. The topological polar surface area (TPSA) is 82.3 Å². The molecule has 0 saturated carbocycles. The third-order valence-electron chi connectivity index (χ3n) is 5.49. The number of benzene rings is 1. The zero-order valence-electron chi connectivity index (χ0n) is 18.2. The van der Waals surface area contributed by atoms with Gasteiger partial charge in [0.2, 0.25) is 0 Å². The Labute approximate surface area is 179 Å². The van der Waals surface area contributed by atoms with Crippen LogP contribution >= 0.6 is 0 Å². The Morgan fingerprint density at radius 1 is 1.23 bits per heavy atom. The first-order valence-electron chi connectivity index (χ1n) is 10.7. The molecule has 164 valence electrons. The summed E-state index contributed by atoms with van der Waals surface area (Å²) in [6, 6.07) is 12.1. The average Bonchev–Trinajstić information content (AvgIpc) is 3.47. The second-order valence-electron chi connectivity index (χ2n) is 7.86. The molecule has 2 aromatic rings. The lowest BCUT2D eigenvalue weighted by molar-refractivity contribution is 0.0437. The van der Waals surface area contributed by atoms with Gasteiger partial charge in [-0.05, 0) is 69.6 Å². The number of guanidine groups is 1. The van der Waals surface area contributed by atoms with Crippen molar-refractivity contribution in [2.45, 2.75) is 38.3 Å². The normalized spacial score (nSPS) is 18.1. The summed E-state index contributed by atoms with van der Waals surface area (Å²) in [7, 11) is 1.69. The molecule has 0 radical (unpaired) electrons. The van der Waals surface area contributed by atoms with Crippen molar-refractivity contribution >= 4 is 5.96 Å². The molecule has 7 heteroatoms. The predicted molar refractivity (Wildman–Crippen MR) is 119 cm³/mol. The Hall–Kier alpha value is -2.51. The standard InChI is InChI=1S/C23H34N4O3/c1-4-24-22(26-17-23(2,28)21-8-7-15-30-21)25-16-20(27-13-5-6-14-27)18-9-11-19(29-3)12-10-18/h7-12,15,20,28H,4-6,13-14,16-17H2,1-3H3,(H2,24,25,26). The lowest BCUT2D eigenvalue weighted by Gasteiger charge is -2.29. The molecule has 7 nitrogen and oxygen atoms in total. The van der Waals surface area contributed by atoms with Gasteiger partial charge in [0.05, 0.1) is 26.0 Å². The number of nitrogens with zero attached hydrogens (tertiary/aromatic N) is 2. The molecule has 30 heavy (non-hydrogen) atoms. The van der Waals surface area contributed by atoms with Crippen LogP contribution in [0.5, 0.6) is 5.75 Å². The van der Waals surface area contributed by atoms with Gasteiger partial charge in [-0.25, -0.2) is 4.99 Å². The summed E-state index contributed by atoms with van der Waals surface area (Å²) in [5.74, 6) is 2.05. The van der Waals surface area contributed by atoms with Gasteiger partial charge >= 0.3 is 0 Å². The number of hydrogen-bond donors (Lipinski definition) is 3. The highest BCUT2D eigenvalue weighted by Crippen LogP contribution is 2.26. The number of aliphatic imine (C=N–C) groups is 1. The molecule has 3 N–H and O–H groups in total. The van der Waals surface area contributed by atoms with Gasteiger partial charge in [-0.1, -0.05) is 12.1 Å². The molecule has 0 bridgehead atoms. The smallest absolute Gasteiger partial charge is 0.191 e. The van der Waals surface area contributed by atoms with Crippen molar-refractivity contribution in [3.8, 4) is 5.75 Å². The van der Waals surface area contributed by atoms with E-state index >= 15 is 0 Å². The SMILES string of the molecule is CCNC(=NCC(C)(O)c1ccco1)NCC(c1ccc(OC)cc1)N1CCCC1. The van der Waals surface area contributed by atoms with Crippen molar-refractivity contribution in [1.82, 2.24) is 15.5 Å². The number of nitrogens with one attached hydrogen (secondary N) is 2. The largest absolute Gasteiger partial charge is 0.497 e. The van der Waals surface area contributed by atoms with E-state index in [0.29, 0.717) is 11.7 Å². The maximum Gasteiger partial charge on any atom is 0.191 e. The van der Waals surface area contributed by atoms with Gasteiger partial charge in [0.25, 0.3) is 0 Å². The van der Waals surface area contributed by atoms with Crippen LogP contribution in [-0.4, -0.2) is 55.8 Å². The number of ether oxygens (including phenoxy) is 1. The van der Waals surface area contributed by atoms with Crippen LogP contribution in [0.15, 0.2) is 52.1 Å². The fourth-order valence-electron chi connectivity index (χ4n) is 3.77. The van der Waals surface area contributed by atoms with Crippen LogP contribution < -0.4 is 15.4 Å². The third kappa shape index (κ3) is 5.77. The fraction of sp³-hybridized carbons (Fsp3) is 0.522. The zero-order chi connectivity index (χ0) is 21.4. The highest BCUT2D eigenvalue weighted by Gasteiger charge is 2.27. The van der Waals surface area contributed by atoms with E-state index < -0.39 is 5.60 Å². The molecule has 3 rings (SSSR count). The molecule has 1 aliphatic heterocycles. The van der Waals surface area contributed by atoms with Crippen molar-refractivity contribution in [3.63, 3.8) is 0 Å². The third-order valence-corrected chi connectivity index (χ3v) is 5.49. The average molecular weight is 415 g/mol. The number of rotatable bonds is 9. The first-order chi connectivity index (χ1) is 14.5. The van der Waals surface area contributed by atoms with Gasteiger partial charge in [-0.3, -0.25) is 4.90 Å². The van der Waals surface area contributed by atoms with E-state index in [9.17, 15) is 5.11 Å². The van der Waals surface area contributed by atoms with Crippen molar-refractivity contribution in [2.75, 3.05) is 39.8 Å². The highest BCUT2D eigenvalue weighted by molar-refractivity contribution is 5.79. The van der Waals surface area contributed by atoms with Crippen LogP contribution in [0.2, 0.25) is 0 Å². The Balaban J connectivity index is 1.70. The molecule has 1 saturated heterocycles. The van der Waals surface area contributed by atoms with Crippen LogP contribution in [0.3, 0.4) is 0 Å². The number of methoxy groups -OCH3 is 1. The van der Waals surface area contributed by atoms with Gasteiger partial charge < -0.3 is 24.9 Å². The molecule has 0 amide bonds. The quantitative estimate of drug-likeness (QED) is 0.432. The summed E-state index contributed by atoms with van der Waals surface area (Å²) in [4.78, 5) is 7.12. The summed E-state index contributed by atoms with van der Waals surface area (Å²) in [5, 5.41) is 17.4. The molecule has 0 spiro atoms. The van der Waals surface area contributed by atoms with Gasteiger partial charge in [0.15, 0.2) is 5.96 Å².